The number of hydrogen-bond donors (Lipinski definition) is 0. The number of carbonyl (C=O) groups excluding carboxylic acids is 1. The molecule has 5 nitrogen and oxygen atoms in total. The highest BCUT2D eigenvalue weighted by atomic mass is 19.1. The third kappa shape index (κ3) is 2.21. The van der Waals surface area contributed by atoms with Gasteiger partial charge in [-0.05, 0) is 41.2 Å². The second-order valence-electron chi connectivity index (χ2n) is 3.86. The minimum Gasteiger partial charge on any atom is -0.496 e. The zero-order chi connectivity index (χ0) is 12.4. The summed E-state index contributed by atoms with van der Waals surface area (Å²) >= 11 is 0. The minimum atomic E-state index is -0.496. The summed E-state index contributed by atoms with van der Waals surface area (Å²) in [6.07, 6.45) is 0.567. The number of methoxy groups -OCH3 is 1. The van der Waals surface area contributed by atoms with Gasteiger partial charge in [0.1, 0.15) is 11.6 Å². The van der Waals surface area contributed by atoms with Crippen molar-refractivity contribution in [3.8, 4) is 5.75 Å². The average molecular weight is 235 g/mol. The fourth-order valence-electron chi connectivity index (χ4n) is 1.92. The number of hydrogen-bond acceptors (Lipinski definition) is 2. The van der Waals surface area contributed by atoms with Crippen LogP contribution < -0.4 is 4.74 Å². The summed E-state index contributed by atoms with van der Waals surface area (Å²) in [7, 11) is 1.49. The van der Waals surface area contributed by atoms with Gasteiger partial charge in [-0.2, -0.15) is 0 Å². The van der Waals surface area contributed by atoms with E-state index < -0.39 is 5.91 Å². The number of carbonyl (C=O) groups is 1. The van der Waals surface area contributed by atoms with E-state index in [2.05, 4.69) is 10.0 Å². The topological polar surface area (TPSA) is 75.1 Å². The summed E-state index contributed by atoms with van der Waals surface area (Å²) in [6.45, 7) is 0. The predicted octanol–water partition coefficient (Wildman–Crippen LogP) is 2.77. The fraction of sp³-hybridized carbons (Fsp3) is 0.364. The fourth-order valence-corrected chi connectivity index (χ4v) is 1.92. The molecule has 1 fully saturated rings. The Morgan fingerprint density at radius 1 is 1.65 bits per heavy atom. The van der Waals surface area contributed by atoms with Crippen LogP contribution in [0.15, 0.2) is 23.3 Å². The van der Waals surface area contributed by atoms with Crippen molar-refractivity contribution in [2.45, 2.75) is 12.3 Å². The lowest BCUT2D eigenvalue weighted by Crippen LogP contribution is -1.98. The molecule has 0 aromatic heterocycles. The van der Waals surface area contributed by atoms with Gasteiger partial charge in [0.15, 0.2) is 0 Å². The highest BCUT2D eigenvalue weighted by molar-refractivity contribution is 5.83. The zero-order valence-corrected chi connectivity index (χ0v) is 9.13. The summed E-state index contributed by atoms with van der Waals surface area (Å²) in [4.78, 5) is 13.8. The van der Waals surface area contributed by atoms with Crippen molar-refractivity contribution in [2.75, 3.05) is 7.11 Å². The Kier molecular flexibility index (Phi) is 2.97. The lowest BCUT2D eigenvalue weighted by atomic mass is 10.1. The Balaban J connectivity index is 2.23. The second-order valence-corrected chi connectivity index (χ2v) is 3.86. The number of azide groups is 1. The van der Waals surface area contributed by atoms with E-state index in [1.54, 1.807) is 0 Å². The molecule has 0 spiro atoms. The van der Waals surface area contributed by atoms with Crippen LogP contribution in [0.25, 0.3) is 10.4 Å². The lowest BCUT2D eigenvalue weighted by Gasteiger charge is -2.07. The summed E-state index contributed by atoms with van der Waals surface area (Å²) in [5.41, 5.74) is 8.82. The van der Waals surface area contributed by atoms with E-state index in [-0.39, 0.29) is 17.7 Å². The standard InChI is InChI=1S/C11H10FN3O2/c1-17-10-3-2-6(12)4-8(10)7-5-9(7)11(16)14-15-13/h2-4,7,9H,5H2,1H3/t7-,9-/m1/s1. The molecular formula is C11H10FN3O2. The molecular weight excluding hydrogens is 225 g/mol. The smallest absolute Gasteiger partial charge is 0.222 e. The summed E-state index contributed by atoms with van der Waals surface area (Å²) in [6, 6.07) is 4.18. The maximum Gasteiger partial charge on any atom is 0.222 e. The van der Waals surface area contributed by atoms with E-state index in [0.717, 1.165) is 0 Å². The van der Waals surface area contributed by atoms with Crippen molar-refractivity contribution >= 4 is 5.91 Å². The predicted molar refractivity (Wildman–Crippen MR) is 58.0 cm³/mol. The molecule has 0 radical (unpaired) electrons. The van der Waals surface area contributed by atoms with Crippen LogP contribution in [-0.4, -0.2) is 13.0 Å². The number of nitrogens with zero attached hydrogens (tertiary/aromatic N) is 3. The SMILES string of the molecule is COc1ccc(F)cc1[C@H]1C[C@H]1C(=O)N=[N+]=[N-]. The van der Waals surface area contributed by atoms with Gasteiger partial charge in [0.2, 0.25) is 5.91 Å². The van der Waals surface area contributed by atoms with Crippen molar-refractivity contribution in [1.82, 2.24) is 0 Å². The molecule has 0 N–H and O–H groups in total. The van der Waals surface area contributed by atoms with Crippen LogP contribution in [0.4, 0.5) is 4.39 Å². The van der Waals surface area contributed by atoms with Crippen LogP contribution >= 0.6 is 0 Å². The van der Waals surface area contributed by atoms with Crippen molar-refractivity contribution in [1.29, 1.82) is 0 Å². The van der Waals surface area contributed by atoms with Crippen LogP contribution in [-0.2, 0) is 4.79 Å². The Labute approximate surface area is 96.8 Å². The monoisotopic (exact) mass is 235 g/mol. The van der Waals surface area contributed by atoms with Crippen molar-refractivity contribution in [3.05, 3.63) is 40.0 Å². The normalized spacial score (nSPS) is 21.5. The maximum atomic E-state index is 13.1. The van der Waals surface area contributed by atoms with Crippen molar-refractivity contribution in [3.63, 3.8) is 0 Å². The molecule has 1 amide bonds. The van der Waals surface area contributed by atoms with Gasteiger partial charge in [-0.25, -0.2) is 4.39 Å². The first-order valence-electron chi connectivity index (χ1n) is 5.09. The largest absolute Gasteiger partial charge is 0.496 e. The number of halogens is 1. The van der Waals surface area contributed by atoms with Crippen LogP contribution in [0, 0.1) is 11.7 Å². The lowest BCUT2D eigenvalue weighted by molar-refractivity contribution is -0.119. The highest BCUT2D eigenvalue weighted by Gasteiger charge is 2.44. The molecule has 2 atom stereocenters. The van der Waals surface area contributed by atoms with Gasteiger partial charge in [0, 0.05) is 16.4 Å². The van der Waals surface area contributed by atoms with Gasteiger partial charge in [-0.3, -0.25) is 4.79 Å². The van der Waals surface area contributed by atoms with E-state index in [1.807, 2.05) is 0 Å². The molecule has 0 unspecified atom stereocenters. The summed E-state index contributed by atoms with van der Waals surface area (Å²) in [5, 5.41) is 3.05. The Morgan fingerprint density at radius 3 is 3.06 bits per heavy atom. The zero-order valence-electron chi connectivity index (χ0n) is 9.13. The van der Waals surface area contributed by atoms with E-state index in [9.17, 15) is 9.18 Å². The molecule has 0 bridgehead atoms. The van der Waals surface area contributed by atoms with Crippen molar-refractivity contribution < 1.29 is 13.9 Å². The second kappa shape index (κ2) is 4.43. The summed E-state index contributed by atoms with van der Waals surface area (Å²) < 4.78 is 18.2. The van der Waals surface area contributed by atoms with Crippen LogP contribution in [0.2, 0.25) is 0 Å². The molecule has 0 heterocycles. The van der Waals surface area contributed by atoms with Crippen LogP contribution in [0.5, 0.6) is 5.75 Å². The molecule has 1 aromatic rings. The van der Waals surface area contributed by atoms with Gasteiger partial charge >= 0.3 is 0 Å². The third-order valence-electron chi connectivity index (χ3n) is 2.84. The molecule has 1 aliphatic carbocycles. The van der Waals surface area contributed by atoms with Crippen LogP contribution in [0.1, 0.15) is 17.9 Å². The highest BCUT2D eigenvalue weighted by Crippen LogP contribution is 2.51. The maximum absolute atomic E-state index is 13.1. The minimum absolute atomic E-state index is 0.112. The van der Waals surface area contributed by atoms with Gasteiger partial charge < -0.3 is 4.74 Å². The van der Waals surface area contributed by atoms with Gasteiger partial charge in [0.05, 0.1) is 7.11 Å². The molecule has 1 aliphatic rings. The third-order valence-corrected chi connectivity index (χ3v) is 2.84. The Hall–Kier alpha value is -2.07. The van der Waals surface area contributed by atoms with E-state index in [0.29, 0.717) is 17.7 Å². The Bertz CT molecular complexity index is 511. The first-order valence-corrected chi connectivity index (χ1v) is 5.09. The van der Waals surface area contributed by atoms with E-state index >= 15 is 0 Å². The van der Waals surface area contributed by atoms with Gasteiger partial charge in [-0.1, -0.05) is 0 Å². The van der Waals surface area contributed by atoms with Crippen LogP contribution in [0.3, 0.4) is 0 Å². The first kappa shape index (κ1) is 11.4. The molecule has 1 saturated carbocycles. The quantitative estimate of drug-likeness (QED) is 0.459. The van der Waals surface area contributed by atoms with E-state index in [4.69, 9.17) is 10.3 Å². The first-order chi connectivity index (χ1) is 8.17. The summed E-state index contributed by atoms with van der Waals surface area (Å²) in [5.74, 6) is -0.778. The molecule has 2 rings (SSSR count). The van der Waals surface area contributed by atoms with E-state index in [1.165, 1.54) is 25.3 Å². The molecule has 0 aliphatic heterocycles. The van der Waals surface area contributed by atoms with Gasteiger partial charge in [-0.15, -0.1) is 0 Å². The number of amides is 1. The number of ether oxygens (including phenoxy) is 1. The number of benzene rings is 1. The molecule has 0 saturated heterocycles. The molecule has 88 valence electrons. The molecule has 17 heavy (non-hydrogen) atoms. The molecule has 6 heteroatoms. The Morgan fingerprint density at radius 2 is 2.41 bits per heavy atom. The number of rotatable bonds is 3. The van der Waals surface area contributed by atoms with Gasteiger partial charge in [0.25, 0.3) is 0 Å². The average Bonchev–Trinajstić information content (AvgIpc) is 3.09. The molecule has 1 aromatic carbocycles. The van der Waals surface area contributed by atoms with Crippen molar-refractivity contribution in [2.24, 2.45) is 11.0 Å².